The van der Waals surface area contributed by atoms with E-state index in [-0.39, 0.29) is 0 Å². The van der Waals surface area contributed by atoms with E-state index in [0.717, 1.165) is 61.0 Å². The Hall–Kier alpha value is -2.20. The molecule has 0 radical (unpaired) electrons. The van der Waals surface area contributed by atoms with Gasteiger partial charge in [-0.25, -0.2) is 0 Å². The number of halogens is 6. The van der Waals surface area contributed by atoms with Crippen LogP contribution in [-0.2, 0) is 5.41 Å². The minimum Gasteiger partial charge on any atom is -0.457 e. The molecule has 0 aromatic heterocycles. The van der Waals surface area contributed by atoms with Crippen LogP contribution in [0.15, 0.2) is 148 Å². The van der Waals surface area contributed by atoms with Crippen molar-refractivity contribution in [3.8, 4) is 34.1 Å². The first-order valence-electron chi connectivity index (χ1n) is 13.8. The third kappa shape index (κ3) is 6.15. The van der Waals surface area contributed by atoms with Gasteiger partial charge in [-0.05, 0) is 118 Å². The third-order valence-electron chi connectivity index (χ3n) is 7.78. The lowest BCUT2D eigenvalue weighted by molar-refractivity contribution is 0.481. The summed E-state index contributed by atoms with van der Waals surface area (Å²) in [5, 5.41) is 0. The van der Waals surface area contributed by atoms with Gasteiger partial charge < -0.3 is 9.47 Å². The maximum absolute atomic E-state index is 6.26. The van der Waals surface area contributed by atoms with E-state index in [2.05, 4.69) is 156 Å². The van der Waals surface area contributed by atoms with E-state index in [4.69, 9.17) is 9.47 Å². The second kappa shape index (κ2) is 12.8. The monoisotopic (exact) mass is 970 g/mol. The number of ether oxygens (including phenoxy) is 2. The largest absolute Gasteiger partial charge is 0.457 e. The van der Waals surface area contributed by atoms with Gasteiger partial charge in [0.15, 0.2) is 0 Å². The van der Waals surface area contributed by atoms with Gasteiger partial charge in [0.05, 0.1) is 5.41 Å². The summed E-state index contributed by atoms with van der Waals surface area (Å²) < 4.78 is 18.3. The zero-order chi connectivity index (χ0) is 31.3. The van der Waals surface area contributed by atoms with Crippen LogP contribution in [-0.4, -0.2) is 0 Å². The summed E-state index contributed by atoms with van der Waals surface area (Å²) in [6, 6.07) is 41.8. The summed E-state index contributed by atoms with van der Waals surface area (Å²) in [5.41, 5.74) is 6.50. The fourth-order valence-corrected chi connectivity index (χ4v) is 9.28. The van der Waals surface area contributed by atoms with E-state index < -0.39 is 5.41 Å². The summed E-state index contributed by atoms with van der Waals surface area (Å²) in [7, 11) is 0. The molecule has 0 unspecified atom stereocenters. The van der Waals surface area contributed by atoms with Gasteiger partial charge in [0.2, 0.25) is 0 Å². The van der Waals surface area contributed by atoms with Gasteiger partial charge in [-0.15, -0.1) is 0 Å². The molecule has 6 aromatic rings. The highest BCUT2D eigenvalue weighted by Gasteiger charge is 2.46. The van der Waals surface area contributed by atoms with Crippen molar-refractivity contribution >= 4 is 95.6 Å². The Bertz CT molecular complexity index is 1880. The summed E-state index contributed by atoms with van der Waals surface area (Å²) >= 11 is 21.8. The predicted molar refractivity (Wildman–Crippen MR) is 203 cm³/mol. The highest BCUT2D eigenvalue weighted by atomic mass is 79.9. The van der Waals surface area contributed by atoms with Crippen LogP contribution in [0.25, 0.3) is 11.1 Å². The molecule has 8 heteroatoms. The van der Waals surface area contributed by atoms with E-state index in [0.29, 0.717) is 0 Å². The van der Waals surface area contributed by atoms with Crippen molar-refractivity contribution in [1.82, 2.24) is 0 Å². The molecule has 0 fully saturated rings. The third-order valence-corrected chi connectivity index (χ3v) is 10.6. The molecule has 1 aliphatic rings. The average Bonchev–Trinajstić information content (AvgIpc) is 3.26. The molecule has 0 aliphatic heterocycles. The van der Waals surface area contributed by atoms with Crippen LogP contribution < -0.4 is 9.47 Å². The highest BCUT2D eigenvalue weighted by molar-refractivity contribution is 9.11. The molecule has 0 saturated heterocycles. The lowest BCUT2D eigenvalue weighted by Crippen LogP contribution is -2.28. The van der Waals surface area contributed by atoms with E-state index >= 15 is 0 Å². The van der Waals surface area contributed by atoms with Gasteiger partial charge in [-0.2, -0.15) is 0 Å². The smallest absolute Gasteiger partial charge is 0.129 e. The van der Waals surface area contributed by atoms with Crippen molar-refractivity contribution in [3.05, 3.63) is 170 Å². The Morgan fingerprint density at radius 1 is 0.333 bits per heavy atom. The Kier molecular flexibility index (Phi) is 8.92. The molecule has 0 N–H and O–H groups in total. The first kappa shape index (κ1) is 31.4. The molecule has 0 saturated carbocycles. The van der Waals surface area contributed by atoms with Crippen molar-refractivity contribution < 1.29 is 9.47 Å². The minimum absolute atomic E-state index is 0.590. The molecule has 0 bridgehead atoms. The van der Waals surface area contributed by atoms with Crippen molar-refractivity contribution in [2.24, 2.45) is 0 Å². The molecule has 0 amide bonds. The second-order valence-corrected chi connectivity index (χ2v) is 16.1. The Balaban J connectivity index is 1.37. The van der Waals surface area contributed by atoms with Gasteiger partial charge in [0, 0.05) is 26.8 Å². The Labute approximate surface area is 312 Å². The molecular formula is C37H20Br6O2. The van der Waals surface area contributed by atoms with E-state index in [1.807, 2.05) is 60.7 Å². The fourth-order valence-electron chi connectivity index (χ4n) is 6.05. The lowest BCUT2D eigenvalue weighted by atomic mass is 9.67. The summed E-state index contributed by atoms with van der Waals surface area (Å²) in [6.45, 7) is 0. The van der Waals surface area contributed by atoms with Crippen molar-refractivity contribution in [2.45, 2.75) is 5.41 Å². The van der Waals surface area contributed by atoms with Crippen LogP contribution in [0.1, 0.15) is 22.3 Å². The SMILES string of the molecule is Brc1cc(Br)cc(Oc2ccc(C3(c4ccc(Oc5cc(Br)cc(Br)c5)cc4)c4cc(Br)ccc4-c4ccc(Br)cc43)cc2)c1. The summed E-state index contributed by atoms with van der Waals surface area (Å²) in [6.07, 6.45) is 0. The van der Waals surface area contributed by atoms with Crippen LogP contribution in [0.4, 0.5) is 0 Å². The van der Waals surface area contributed by atoms with Gasteiger partial charge in [-0.3, -0.25) is 0 Å². The van der Waals surface area contributed by atoms with Gasteiger partial charge in [0.25, 0.3) is 0 Å². The number of hydrogen-bond acceptors (Lipinski definition) is 2. The quantitative estimate of drug-likeness (QED) is 0.165. The standard InChI is InChI=1S/C37H20Br6O2/c38-23-5-11-33-34-12-6-24(39)20-36(34)37(35(33)19-23,21-1-7-29(8-2-21)44-31-15-25(40)13-26(41)16-31)22-3-9-30(10-4-22)45-32-17-27(42)14-28(43)18-32/h1-20H. The zero-order valence-electron chi connectivity index (χ0n) is 23.1. The Morgan fingerprint density at radius 3 is 1.04 bits per heavy atom. The molecule has 7 rings (SSSR count). The van der Waals surface area contributed by atoms with Crippen molar-refractivity contribution in [1.29, 1.82) is 0 Å². The van der Waals surface area contributed by atoms with Crippen LogP contribution in [0.3, 0.4) is 0 Å². The highest BCUT2D eigenvalue weighted by Crippen LogP contribution is 2.57. The number of benzene rings is 6. The molecule has 0 heterocycles. The molecular weight excluding hydrogens is 956 g/mol. The first-order valence-corrected chi connectivity index (χ1v) is 18.5. The first-order chi connectivity index (χ1) is 21.7. The van der Waals surface area contributed by atoms with E-state index in [1.54, 1.807) is 0 Å². The molecule has 45 heavy (non-hydrogen) atoms. The minimum atomic E-state index is -0.590. The number of hydrogen-bond donors (Lipinski definition) is 0. The topological polar surface area (TPSA) is 18.5 Å². The van der Waals surface area contributed by atoms with E-state index in [9.17, 15) is 0 Å². The lowest BCUT2D eigenvalue weighted by Gasteiger charge is -2.34. The van der Waals surface area contributed by atoms with Gasteiger partial charge >= 0.3 is 0 Å². The van der Waals surface area contributed by atoms with Crippen molar-refractivity contribution in [3.63, 3.8) is 0 Å². The maximum Gasteiger partial charge on any atom is 0.129 e. The second-order valence-electron chi connectivity index (χ2n) is 10.6. The maximum atomic E-state index is 6.26. The molecule has 222 valence electrons. The number of rotatable bonds is 6. The summed E-state index contributed by atoms with van der Waals surface area (Å²) in [4.78, 5) is 0. The zero-order valence-corrected chi connectivity index (χ0v) is 32.6. The van der Waals surface area contributed by atoms with Crippen LogP contribution >= 0.6 is 95.6 Å². The normalized spacial score (nSPS) is 12.8. The predicted octanol–water partition coefficient (Wildman–Crippen LogP) is 14.2. The molecule has 2 nitrogen and oxygen atoms in total. The van der Waals surface area contributed by atoms with Crippen LogP contribution in [0.5, 0.6) is 23.0 Å². The summed E-state index contributed by atoms with van der Waals surface area (Å²) in [5.74, 6) is 3.00. The van der Waals surface area contributed by atoms with Gasteiger partial charge in [0.1, 0.15) is 23.0 Å². The Morgan fingerprint density at radius 2 is 0.689 bits per heavy atom. The molecule has 6 aromatic carbocycles. The van der Waals surface area contributed by atoms with Crippen LogP contribution in [0, 0.1) is 0 Å². The molecule has 1 aliphatic carbocycles. The fraction of sp³-hybridized carbons (Fsp3) is 0.0270. The average molecular weight is 976 g/mol. The van der Waals surface area contributed by atoms with Crippen molar-refractivity contribution in [2.75, 3.05) is 0 Å². The number of fused-ring (bicyclic) bond motifs is 3. The van der Waals surface area contributed by atoms with E-state index in [1.165, 1.54) is 22.3 Å². The molecule has 0 atom stereocenters. The van der Waals surface area contributed by atoms with Gasteiger partial charge in [-0.1, -0.05) is 132 Å². The van der Waals surface area contributed by atoms with Crippen LogP contribution in [0.2, 0.25) is 0 Å². The molecule has 0 spiro atoms.